The highest BCUT2D eigenvalue weighted by molar-refractivity contribution is 5.25. The number of hydrogen-bond donors (Lipinski definition) is 1. The molecule has 0 bridgehead atoms. The van der Waals surface area contributed by atoms with Crippen LogP contribution in [0.4, 0.5) is 0 Å². The molecule has 96 valence electrons. The van der Waals surface area contributed by atoms with Crippen LogP contribution < -0.4 is 0 Å². The molecule has 0 radical (unpaired) electrons. The summed E-state index contributed by atoms with van der Waals surface area (Å²) < 4.78 is 0. The monoisotopic (exact) mass is 234 g/mol. The summed E-state index contributed by atoms with van der Waals surface area (Å²) in [6, 6.07) is 8.54. The van der Waals surface area contributed by atoms with Crippen LogP contribution in [0.5, 0.6) is 0 Å². The van der Waals surface area contributed by atoms with E-state index in [4.69, 9.17) is 0 Å². The number of unbranched alkanes of at least 4 members (excludes halogenated alkanes) is 4. The van der Waals surface area contributed by atoms with E-state index in [1.54, 1.807) is 0 Å². The molecule has 1 heteroatoms. The molecular formula is C16H26O. The predicted molar refractivity (Wildman–Crippen MR) is 74.4 cm³/mol. The smallest absolute Gasteiger partial charge is 0.0499 e. The molecule has 0 amide bonds. The quantitative estimate of drug-likeness (QED) is 0.660. The van der Waals surface area contributed by atoms with E-state index in [0.717, 1.165) is 6.42 Å². The Kier molecular flexibility index (Phi) is 6.95. The Morgan fingerprint density at radius 3 is 2.53 bits per heavy atom. The maximum atomic E-state index is 9.47. The molecule has 0 spiro atoms. The summed E-state index contributed by atoms with van der Waals surface area (Å²) in [5.41, 5.74) is 2.58. The molecule has 0 aromatic heterocycles. The topological polar surface area (TPSA) is 20.2 Å². The third-order valence-electron chi connectivity index (χ3n) is 3.39. The zero-order valence-corrected chi connectivity index (χ0v) is 11.3. The summed E-state index contributed by atoms with van der Waals surface area (Å²) in [5.74, 6) is 0.330. The third-order valence-corrected chi connectivity index (χ3v) is 3.39. The van der Waals surface area contributed by atoms with Crippen LogP contribution in [0.3, 0.4) is 0 Å². The molecule has 0 aliphatic heterocycles. The lowest BCUT2D eigenvalue weighted by Crippen LogP contribution is -2.04. The molecule has 1 rings (SSSR count). The average molecular weight is 234 g/mol. The van der Waals surface area contributed by atoms with Crippen LogP contribution in [0.1, 0.15) is 62.5 Å². The van der Waals surface area contributed by atoms with Crippen LogP contribution in [-0.2, 0) is 0 Å². The van der Waals surface area contributed by atoms with Crippen molar-refractivity contribution in [2.24, 2.45) is 0 Å². The minimum atomic E-state index is 0.275. The van der Waals surface area contributed by atoms with Gasteiger partial charge in [-0.25, -0.2) is 0 Å². The van der Waals surface area contributed by atoms with Gasteiger partial charge in [0.1, 0.15) is 0 Å². The van der Waals surface area contributed by atoms with E-state index in [1.165, 1.54) is 43.2 Å². The lowest BCUT2D eigenvalue weighted by atomic mass is 9.93. The van der Waals surface area contributed by atoms with E-state index in [-0.39, 0.29) is 6.61 Å². The predicted octanol–water partition coefficient (Wildman–Crippen LogP) is 4.43. The van der Waals surface area contributed by atoms with Crippen molar-refractivity contribution in [3.63, 3.8) is 0 Å². The zero-order valence-electron chi connectivity index (χ0n) is 11.3. The summed E-state index contributed by atoms with van der Waals surface area (Å²) >= 11 is 0. The number of benzene rings is 1. The van der Waals surface area contributed by atoms with Crippen LogP contribution in [0.25, 0.3) is 0 Å². The van der Waals surface area contributed by atoms with Crippen molar-refractivity contribution in [1.82, 2.24) is 0 Å². The Labute approximate surface area is 106 Å². The fourth-order valence-corrected chi connectivity index (χ4v) is 2.28. The van der Waals surface area contributed by atoms with Crippen molar-refractivity contribution >= 4 is 0 Å². The van der Waals surface area contributed by atoms with Crippen molar-refractivity contribution in [1.29, 1.82) is 0 Å². The first-order valence-electron chi connectivity index (χ1n) is 6.95. The first kappa shape index (κ1) is 14.2. The highest BCUT2D eigenvalue weighted by Crippen LogP contribution is 2.23. The van der Waals surface area contributed by atoms with Crippen molar-refractivity contribution in [3.05, 3.63) is 35.4 Å². The Morgan fingerprint density at radius 1 is 1.12 bits per heavy atom. The van der Waals surface area contributed by atoms with E-state index >= 15 is 0 Å². The van der Waals surface area contributed by atoms with Crippen LogP contribution in [0.2, 0.25) is 0 Å². The molecule has 0 aliphatic carbocycles. The lowest BCUT2D eigenvalue weighted by molar-refractivity contribution is 0.256. The molecule has 0 aliphatic rings. The van der Waals surface area contributed by atoms with E-state index < -0.39 is 0 Å². The van der Waals surface area contributed by atoms with Crippen molar-refractivity contribution in [3.8, 4) is 0 Å². The van der Waals surface area contributed by atoms with Gasteiger partial charge < -0.3 is 5.11 Å². The van der Waals surface area contributed by atoms with Gasteiger partial charge in [0.25, 0.3) is 0 Å². The Morgan fingerprint density at radius 2 is 1.88 bits per heavy atom. The molecular weight excluding hydrogens is 208 g/mol. The molecule has 1 nitrogen and oxygen atoms in total. The van der Waals surface area contributed by atoms with Crippen LogP contribution in [-0.4, -0.2) is 11.7 Å². The summed E-state index contributed by atoms with van der Waals surface area (Å²) in [4.78, 5) is 0. The Bertz CT molecular complexity index is 306. The molecule has 1 atom stereocenters. The van der Waals surface area contributed by atoms with Gasteiger partial charge in [-0.15, -0.1) is 0 Å². The average Bonchev–Trinajstić information content (AvgIpc) is 2.34. The van der Waals surface area contributed by atoms with Crippen LogP contribution in [0, 0.1) is 6.92 Å². The maximum Gasteiger partial charge on any atom is 0.0499 e. The third kappa shape index (κ3) is 5.36. The van der Waals surface area contributed by atoms with Gasteiger partial charge in [-0.1, -0.05) is 68.9 Å². The normalized spacial score (nSPS) is 12.6. The first-order valence-corrected chi connectivity index (χ1v) is 6.95. The highest BCUT2D eigenvalue weighted by atomic mass is 16.3. The fraction of sp³-hybridized carbons (Fsp3) is 0.625. The zero-order chi connectivity index (χ0) is 12.5. The Balaban J connectivity index is 2.38. The Hall–Kier alpha value is -0.820. The van der Waals surface area contributed by atoms with Crippen molar-refractivity contribution in [2.45, 2.75) is 58.3 Å². The standard InChI is InChI=1S/C16H26O/c1-3-4-5-6-7-10-16(13-17)15-11-8-9-14(2)12-15/h8-9,11-12,16-17H,3-7,10,13H2,1-2H3. The summed E-state index contributed by atoms with van der Waals surface area (Å²) in [7, 11) is 0. The minimum Gasteiger partial charge on any atom is -0.396 e. The molecule has 1 aromatic rings. The van der Waals surface area contributed by atoms with Crippen LogP contribution >= 0.6 is 0 Å². The van der Waals surface area contributed by atoms with Gasteiger partial charge in [0, 0.05) is 12.5 Å². The summed E-state index contributed by atoms with van der Waals surface area (Å²) in [6.07, 6.45) is 7.62. The van der Waals surface area contributed by atoms with Gasteiger partial charge in [0.2, 0.25) is 0 Å². The molecule has 0 heterocycles. The number of rotatable bonds is 8. The van der Waals surface area contributed by atoms with E-state index in [1.807, 2.05) is 0 Å². The molecule has 17 heavy (non-hydrogen) atoms. The molecule has 1 N–H and O–H groups in total. The number of aryl methyl sites for hydroxylation is 1. The van der Waals surface area contributed by atoms with Gasteiger partial charge in [-0.05, 0) is 18.9 Å². The summed E-state index contributed by atoms with van der Waals surface area (Å²) in [5, 5.41) is 9.47. The van der Waals surface area contributed by atoms with Crippen LogP contribution in [0.15, 0.2) is 24.3 Å². The van der Waals surface area contributed by atoms with Gasteiger partial charge in [0.05, 0.1) is 0 Å². The van der Waals surface area contributed by atoms with Crippen molar-refractivity contribution < 1.29 is 5.11 Å². The van der Waals surface area contributed by atoms with Gasteiger partial charge in [-0.2, -0.15) is 0 Å². The van der Waals surface area contributed by atoms with Gasteiger partial charge in [-0.3, -0.25) is 0 Å². The molecule has 0 fully saturated rings. The number of aliphatic hydroxyl groups excluding tert-OH is 1. The highest BCUT2D eigenvalue weighted by Gasteiger charge is 2.09. The van der Waals surface area contributed by atoms with Crippen molar-refractivity contribution in [2.75, 3.05) is 6.61 Å². The first-order chi connectivity index (χ1) is 8.27. The summed E-state index contributed by atoms with van der Waals surface area (Å²) in [6.45, 7) is 4.62. The fourth-order valence-electron chi connectivity index (χ4n) is 2.28. The molecule has 1 unspecified atom stereocenters. The minimum absolute atomic E-state index is 0.275. The van der Waals surface area contributed by atoms with E-state index in [2.05, 4.69) is 38.1 Å². The second-order valence-electron chi connectivity index (χ2n) is 5.00. The lowest BCUT2D eigenvalue weighted by Gasteiger charge is -2.15. The largest absolute Gasteiger partial charge is 0.396 e. The number of aliphatic hydroxyl groups is 1. The number of hydrogen-bond acceptors (Lipinski definition) is 1. The van der Waals surface area contributed by atoms with Gasteiger partial charge >= 0.3 is 0 Å². The van der Waals surface area contributed by atoms with E-state index in [9.17, 15) is 5.11 Å². The molecule has 0 saturated heterocycles. The van der Waals surface area contributed by atoms with Gasteiger partial charge in [0.15, 0.2) is 0 Å². The molecule has 1 aromatic carbocycles. The SMILES string of the molecule is CCCCCCCC(CO)c1cccc(C)c1. The second kappa shape index (κ2) is 8.30. The maximum absolute atomic E-state index is 9.47. The second-order valence-corrected chi connectivity index (χ2v) is 5.00. The molecule has 0 saturated carbocycles. The van der Waals surface area contributed by atoms with E-state index in [0.29, 0.717) is 5.92 Å².